The maximum absolute atomic E-state index is 5.82. The Hall–Kier alpha value is -0.960. The summed E-state index contributed by atoms with van der Waals surface area (Å²) in [4.78, 5) is 6.70. The van der Waals surface area contributed by atoms with E-state index in [0.717, 1.165) is 24.5 Å². The predicted octanol–water partition coefficient (Wildman–Crippen LogP) is 3.71. The molecule has 0 radical (unpaired) electrons. The summed E-state index contributed by atoms with van der Waals surface area (Å²) < 4.78 is 5.82. The highest BCUT2D eigenvalue weighted by atomic mass is 35.5. The summed E-state index contributed by atoms with van der Waals surface area (Å²) in [7, 11) is 0. The molecule has 3 nitrogen and oxygen atoms in total. The molecule has 0 N–H and O–H groups in total. The van der Waals surface area contributed by atoms with E-state index in [0.29, 0.717) is 11.9 Å². The minimum atomic E-state index is 0.148. The fourth-order valence-electron chi connectivity index (χ4n) is 1.78. The zero-order valence-corrected chi connectivity index (χ0v) is 12.4. The van der Waals surface area contributed by atoms with E-state index < -0.39 is 0 Å². The number of hydrogen-bond donors (Lipinski definition) is 0. The second-order valence-corrected chi connectivity index (χ2v) is 5.20. The molecule has 0 aromatic carbocycles. The van der Waals surface area contributed by atoms with Crippen LogP contribution in [0.25, 0.3) is 0 Å². The lowest BCUT2D eigenvalue weighted by molar-refractivity contribution is 0.241. The number of aromatic nitrogens is 1. The molecular weight excluding hydrogens is 248 g/mol. The molecule has 1 rings (SSSR count). The molecule has 0 aliphatic rings. The van der Waals surface area contributed by atoms with Gasteiger partial charge in [0, 0.05) is 24.7 Å². The van der Waals surface area contributed by atoms with Crippen LogP contribution in [-0.2, 0) is 0 Å². The standard InChI is InChI=1S/C14H23ClN2O/c1-11(2)17(10-6-8-15)14-13(18-12(3)4)7-5-9-16-14/h5,7,9,11-12H,6,8,10H2,1-4H3. The Balaban J connectivity index is 2.95. The molecule has 1 aromatic heterocycles. The highest BCUT2D eigenvalue weighted by Crippen LogP contribution is 2.27. The van der Waals surface area contributed by atoms with Crippen molar-refractivity contribution in [3.05, 3.63) is 18.3 Å². The molecule has 0 bridgehead atoms. The molecular formula is C14H23ClN2O. The Morgan fingerprint density at radius 1 is 1.33 bits per heavy atom. The second-order valence-electron chi connectivity index (χ2n) is 4.82. The third-order valence-electron chi connectivity index (χ3n) is 2.54. The lowest BCUT2D eigenvalue weighted by Crippen LogP contribution is -2.33. The normalized spacial score (nSPS) is 11.1. The lowest BCUT2D eigenvalue weighted by atomic mass is 10.2. The largest absolute Gasteiger partial charge is 0.487 e. The van der Waals surface area contributed by atoms with Gasteiger partial charge in [-0.3, -0.25) is 0 Å². The summed E-state index contributed by atoms with van der Waals surface area (Å²) in [6.07, 6.45) is 2.89. The van der Waals surface area contributed by atoms with Crippen molar-refractivity contribution in [2.45, 2.75) is 46.3 Å². The van der Waals surface area contributed by atoms with Crippen molar-refractivity contribution in [2.75, 3.05) is 17.3 Å². The van der Waals surface area contributed by atoms with Gasteiger partial charge in [-0.1, -0.05) is 0 Å². The maximum Gasteiger partial charge on any atom is 0.171 e. The van der Waals surface area contributed by atoms with Gasteiger partial charge < -0.3 is 9.64 Å². The summed E-state index contributed by atoms with van der Waals surface area (Å²) >= 11 is 5.78. The van der Waals surface area contributed by atoms with Gasteiger partial charge in [0.25, 0.3) is 0 Å². The number of alkyl halides is 1. The maximum atomic E-state index is 5.82. The first-order chi connectivity index (χ1) is 8.56. The van der Waals surface area contributed by atoms with Crippen molar-refractivity contribution in [3.8, 4) is 5.75 Å². The molecule has 0 aliphatic heterocycles. The molecule has 0 saturated carbocycles. The summed E-state index contributed by atoms with van der Waals surface area (Å²) in [5, 5.41) is 0. The van der Waals surface area contributed by atoms with E-state index in [1.54, 1.807) is 6.20 Å². The molecule has 1 heterocycles. The van der Waals surface area contributed by atoms with Gasteiger partial charge in [-0.25, -0.2) is 4.98 Å². The molecule has 0 unspecified atom stereocenters. The molecule has 0 fully saturated rings. The zero-order chi connectivity index (χ0) is 13.5. The molecule has 0 saturated heterocycles. The highest BCUT2D eigenvalue weighted by molar-refractivity contribution is 6.17. The van der Waals surface area contributed by atoms with Gasteiger partial charge in [0.05, 0.1) is 6.10 Å². The Kier molecular flexibility index (Phi) is 6.27. The highest BCUT2D eigenvalue weighted by Gasteiger charge is 2.16. The number of nitrogens with zero attached hydrogens (tertiary/aromatic N) is 2. The van der Waals surface area contributed by atoms with Gasteiger partial charge in [-0.15, -0.1) is 11.6 Å². The fraction of sp³-hybridized carbons (Fsp3) is 0.643. The zero-order valence-electron chi connectivity index (χ0n) is 11.7. The molecule has 18 heavy (non-hydrogen) atoms. The Bertz CT molecular complexity index is 355. The first-order valence-corrected chi connectivity index (χ1v) is 7.04. The average molecular weight is 271 g/mol. The van der Waals surface area contributed by atoms with Crippen LogP contribution < -0.4 is 9.64 Å². The Labute approximate surface area is 115 Å². The molecule has 0 aliphatic carbocycles. The van der Waals surface area contributed by atoms with Crippen LogP contribution in [0.1, 0.15) is 34.1 Å². The quantitative estimate of drug-likeness (QED) is 0.706. The van der Waals surface area contributed by atoms with E-state index >= 15 is 0 Å². The van der Waals surface area contributed by atoms with E-state index in [1.165, 1.54) is 0 Å². The molecule has 0 amide bonds. The van der Waals surface area contributed by atoms with Crippen LogP contribution in [0.5, 0.6) is 5.75 Å². The third kappa shape index (κ3) is 4.37. The minimum Gasteiger partial charge on any atom is -0.487 e. The van der Waals surface area contributed by atoms with Crippen molar-refractivity contribution in [2.24, 2.45) is 0 Å². The van der Waals surface area contributed by atoms with Crippen LogP contribution >= 0.6 is 11.6 Å². The van der Waals surface area contributed by atoms with E-state index in [4.69, 9.17) is 16.3 Å². The van der Waals surface area contributed by atoms with E-state index in [-0.39, 0.29) is 6.10 Å². The second kappa shape index (κ2) is 7.47. The van der Waals surface area contributed by atoms with E-state index in [2.05, 4.69) is 23.7 Å². The van der Waals surface area contributed by atoms with Gasteiger partial charge in [-0.05, 0) is 46.2 Å². The summed E-state index contributed by atoms with van der Waals surface area (Å²) in [6.45, 7) is 9.25. The topological polar surface area (TPSA) is 25.4 Å². The predicted molar refractivity (Wildman–Crippen MR) is 77.8 cm³/mol. The van der Waals surface area contributed by atoms with Crippen molar-refractivity contribution >= 4 is 17.4 Å². The number of rotatable bonds is 7. The molecule has 0 spiro atoms. The summed E-state index contributed by atoms with van der Waals surface area (Å²) in [5.74, 6) is 2.42. The first-order valence-electron chi connectivity index (χ1n) is 6.50. The molecule has 0 atom stereocenters. The van der Waals surface area contributed by atoms with Gasteiger partial charge in [-0.2, -0.15) is 0 Å². The van der Waals surface area contributed by atoms with Crippen molar-refractivity contribution in [1.82, 2.24) is 4.98 Å². The minimum absolute atomic E-state index is 0.148. The van der Waals surface area contributed by atoms with Crippen molar-refractivity contribution in [1.29, 1.82) is 0 Å². The molecule has 1 aromatic rings. The number of anilines is 1. The van der Waals surface area contributed by atoms with Crippen LogP contribution in [0.4, 0.5) is 5.82 Å². The Morgan fingerprint density at radius 2 is 2.06 bits per heavy atom. The van der Waals surface area contributed by atoms with Crippen LogP contribution in [0.3, 0.4) is 0 Å². The van der Waals surface area contributed by atoms with Crippen molar-refractivity contribution < 1.29 is 4.74 Å². The summed E-state index contributed by atoms with van der Waals surface area (Å²) in [5.41, 5.74) is 0. The number of pyridine rings is 1. The van der Waals surface area contributed by atoms with E-state index in [1.807, 2.05) is 26.0 Å². The SMILES string of the molecule is CC(C)Oc1cccnc1N(CCCCl)C(C)C. The van der Waals surface area contributed by atoms with Crippen LogP contribution in [0, 0.1) is 0 Å². The van der Waals surface area contributed by atoms with Crippen LogP contribution in [0.2, 0.25) is 0 Å². The number of ether oxygens (including phenoxy) is 1. The van der Waals surface area contributed by atoms with Gasteiger partial charge in [0.1, 0.15) is 0 Å². The Morgan fingerprint density at radius 3 is 2.61 bits per heavy atom. The lowest BCUT2D eigenvalue weighted by Gasteiger charge is -2.29. The fourth-order valence-corrected chi connectivity index (χ4v) is 1.90. The van der Waals surface area contributed by atoms with Gasteiger partial charge in [0.2, 0.25) is 0 Å². The monoisotopic (exact) mass is 270 g/mol. The van der Waals surface area contributed by atoms with Gasteiger partial charge in [0.15, 0.2) is 11.6 Å². The smallest absolute Gasteiger partial charge is 0.171 e. The molecule has 4 heteroatoms. The molecule has 102 valence electrons. The van der Waals surface area contributed by atoms with Crippen LogP contribution in [0.15, 0.2) is 18.3 Å². The number of halogens is 1. The first kappa shape index (κ1) is 15.1. The van der Waals surface area contributed by atoms with Gasteiger partial charge >= 0.3 is 0 Å². The van der Waals surface area contributed by atoms with Crippen molar-refractivity contribution in [3.63, 3.8) is 0 Å². The number of hydrogen-bond acceptors (Lipinski definition) is 3. The van der Waals surface area contributed by atoms with Crippen LogP contribution in [-0.4, -0.2) is 29.6 Å². The summed E-state index contributed by atoms with van der Waals surface area (Å²) in [6, 6.07) is 4.25. The average Bonchev–Trinajstić information content (AvgIpc) is 2.30. The third-order valence-corrected chi connectivity index (χ3v) is 2.81. The van der Waals surface area contributed by atoms with E-state index in [9.17, 15) is 0 Å².